The molecule has 27 heavy (non-hydrogen) atoms. The molecule has 0 aliphatic carbocycles. The van der Waals surface area contributed by atoms with E-state index in [4.69, 9.17) is 14.5 Å². The van der Waals surface area contributed by atoms with Gasteiger partial charge in [0.15, 0.2) is 17.0 Å². The van der Waals surface area contributed by atoms with Crippen LogP contribution < -0.4 is 4.90 Å². The van der Waals surface area contributed by atoms with Crippen LogP contribution in [0.5, 0.6) is 0 Å². The number of carbonyl (C=O) groups excluding carboxylic acids is 1. The van der Waals surface area contributed by atoms with Crippen molar-refractivity contribution in [3.63, 3.8) is 0 Å². The van der Waals surface area contributed by atoms with Gasteiger partial charge in [-0.2, -0.15) is 0 Å². The van der Waals surface area contributed by atoms with Gasteiger partial charge in [0.2, 0.25) is 5.82 Å². The van der Waals surface area contributed by atoms with Gasteiger partial charge in [-0.25, -0.2) is 19.7 Å². The molecule has 3 aromatic heterocycles. The van der Waals surface area contributed by atoms with E-state index >= 15 is 0 Å². The number of morpholine rings is 1. The Morgan fingerprint density at radius 3 is 2.59 bits per heavy atom. The lowest BCUT2D eigenvalue weighted by atomic mass is 10.2. The van der Waals surface area contributed by atoms with Crippen LogP contribution in [0, 0.1) is 0 Å². The van der Waals surface area contributed by atoms with Crippen LogP contribution in [0.25, 0.3) is 22.6 Å². The minimum atomic E-state index is -0.569. The van der Waals surface area contributed by atoms with Crippen LogP contribution in [0.4, 0.5) is 5.82 Å². The highest BCUT2D eigenvalue weighted by Crippen LogP contribution is 2.29. The number of hydrogen-bond acceptors (Lipinski definition) is 8. The number of esters is 1. The summed E-state index contributed by atoms with van der Waals surface area (Å²) in [6, 6.07) is 3.80. The molecule has 0 unspecified atom stereocenters. The first-order valence-electron chi connectivity index (χ1n) is 8.82. The van der Waals surface area contributed by atoms with Crippen molar-refractivity contribution in [3.05, 3.63) is 30.4 Å². The number of ether oxygens (including phenoxy) is 2. The number of aryl methyl sites for hydroxylation is 1. The normalized spacial score (nSPS) is 14.5. The van der Waals surface area contributed by atoms with Gasteiger partial charge in [0.05, 0.1) is 20.3 Å². The Labute approximate surface area is 156 Å². The molecule has 3 aromatic rings. The highest BCUT2D eigenvalue weighted by atomic mass is 16.5. The third-order valence-corrected chi connectivity index (χ3v) is 4.51. The molecule has 0 saturated carbocycles. The predicted molar refractivity (Wildman–Crippen MR) is 98.6 cm³/mol. The Morgan fingerprint density at radius 2 is 1.93 bits per heavy atom. The molecule has 4 rings (SSSR count). The van der Waals surface area contributed by atoms with Crippen LogP contribution in [-0.4, -0.2) is 63.9 Å². The fraction of sp³-hybridized carbons (Fsp3) is 0.389. The van der Waals surface area contributed by atoms with Gasteiger partial charge in [-0.1, -0.05) is 0 Å². The number of anilines is 1. The zero-order valence-electron chi connectivity index (χ0n) is 15.3. The number of aromatic nitrogens is 5. The molecule has 0 aromatic carbocycles. The average molecular weight is 368 g/mol. The Kier molecular flexibility index (Phi) is 4.68. The first kappa shape index (κ1) is 17.3. The van der Waals surface area contributed by atoms with E-state index in [0.717, 1.165) is 11.4 Å². The first-order valence-corrected chi connectivity index (χ1v) is 8.82. The molecule has 0 radical (unpaired) electrons. The Bertz CT molecular complexity index is 966. The van der Waals surface area contributed by atoms with E-state index in [2.05, 4.69) is 19.9 Å². The van der Waals surface area contributed by atoms with Crippen LogP contribution in [-0.2, 0) is 16.0 Å². The number of hydrogen-bond donors (Lipinski definition) is 0. The summed E-state index contributed by atoms with van der Waals surface area (Å²) in [4.78, 5) is 32.0. The maximum Gasteiger partial charge on any atom is 0.376 e. The van der Waals surface area contributed by atoms with Gasteiger partial charge in [0, 0.05) is 37.6 Å². The number of methoxy groups -OCH3 is 1. The van der Waals surface area contributed by atoms with E-state index in [1.54, 1.807) is 12.4 Å². The van der Waals surface area contributed by atoms with Crippen molar-refractivity contribution in [2.45, 2.75) is 13.5 Å². The lowest BCUT2D eigenvalue weighted by Crippen LogP contribution is -2.37. The third-order valence-electron chi connectivity index (χ3n) is 4.51. The number of imidazole rings is 1. The van der Waals surface area contributed by atoms with Crippen molar-refractivity contribution in [2.75, 3.05) is 38.3 Å². The maximum absolute atomic E-state index is 12.1. The molecule has 0 N–H and O–H groups in total. The molecule has 9 nitrogen and oxygen atoms in total. The smallest absolute Gasteiger partial charge is 0.376 e. The Hall–Kier alpha value is -3.07. The van der Waals surface area contributed by atoms with E-state index in [-0.39, 0.29) is 5.82 Å². The lowest BCUT2D eigenvalue weighted by Gasteiger charge is -2.27. The monoisotopic (exact) mass is 368 g/mol. The molecule has 1 fully saturated rings. The highest BCUT2D eigenvalue weighted by Gasteiger charge is 2.25. The summed E-state index contributed by atoms with van der Waals surface area (Å²) in [5.74, 6) is 0.857. The Balaban J connectivity index is 1.96. The van der Waals surface area contributed by atoms with Gasteiger partial charge in [-0.05, 0) is 19.1 Å². The van der Waals surface area contributed by atoms with Gasteiger partial charge in [0.25, 0.3) is 0 Å². The van der Waals surface area contributed by atoms with Crippen LogP contribution in [0.2, 0.25) is 0 Å². The quantitative estimate of drug-likeness (QED) is 0.640. The van der Waals surface area contributed by atoms with E-state index in [0.29, 0.717) is 49.8 Å². The summed E-state index contributed by atoms with van der Waals surface area (Å²) in [6.07, 6.45) is 3.45. The van der Waals surface area contributed by atoms with E-state index < -0.39 is 5.97 Å². The molecular formula is C18H20N6O3. The molecule has 9 heteroatoms. The molecule has 4 heterocycles. The van der Waals surface area contributed by atoms with Crippen molar-refractivity contribution in [1.29, 1.82) is 0 Å². The van der Waals surface area contributed by atoms with Gasteiger partial charge in [0.1, 0.15) is 5.82 Å². The highest BCUT2D eigenvalue weighted by molar-refractivity contribution is 5.93. The average Bonchev–Trinajstić information content (AvgIpc) is 3.12. The summed E-state index contributed by atoms with van der Waals surface area (Å²) in [5, 5.41) is 0. The molecule has 0 bridgehead atoms. The number of carbonyl (C=O) groups is 1. The SMILES string of the molecule is CCn1c(-c2ccncc2)nc2c(N3CCOCC3)nc(C(=O)OC)nc21. The summed E-state index contributed by atoms with van der Waals surface area (Å²) in [6.45, 7) is 5.22. The number of pyridine rings is 1. The fourth-order valence-electron chi connectivity index (χ4n) is 3.19. The lowest BCUT2D eigenvalue weighted by molar-refractivity contribution is 0.0587. The van der Waals surface area contributed by atoms with Gasteiger partial charge in [-0.3, -0.25) is 4.98 Å². The molecular weight excluding hydrogens is 348 g/mol. The maximum atomic E-state index is 12.1. The Morgan fingerprint density at radius 1 is 1.19 bits per heavy atom. The number of nitrogens with zero attached hydrogens (tertiary/aromatic N) is 6. The van der Waals surface area contributed by atoms with Crippen LogP contribution in [0.3, 0.4) is 0 Å². The van der Waals surface area contributed by atoms with E-state index in [1.807, 2.05) is 23.6 Å². The molecule has 1 saturated heterocycles. The summed E-state index contributed by atoms with van der Waals surface area (Å²) < 4.78 is 12.3. The molecule has 0 spiro atoms. The zero-order chi connectivity index (χ0) is 18.8. The van der Waals surface area contributed by atoms with Crippen molar-refractivity contribution in [2.24, 2.45) is 0 Å². The van der Waals surface area contributed by atoms with Gasteiger partial charge < -0.3 is 18.9 Å². The van der Waals surface area contributed by atoms with Crippen LogP contribution in [0.1, 0.15) is 17.5 Å². The number of fused-ring (bicyclic) bond motifs is 1. The van der Waals surface area contributed by atoms with E-state index in [1.165, 1.54) is 7.11 Å². The van der Waals surface area contributed by atoms with Gasteiger partial charge in [-0.15, -0.1) is 0 Å². The minimum absolute atomic E-state index is 0.0300. The minimum Gasteiger partial charge on any atom is -0.463 e. The second kappa shape index (κ2) is 7.28. The first-order chi connectivity index (χ1) is 13.2. The number of rotatable bonds is 4. The van der Waals surface area contributed by atoms with Crippen LogP contribution >= 0.6 is 0 Å². The molecule has 140 valence electrons. The molecule has 0 amide bonds. The van der Waals surface area contributed by atoms with E-state index in [9.17, 15) is 4.79 Å². The summed E-state index contributed by atoms with van der Waals surface area (Å²) >= 11 is 0. The zero-order valence-corrected chi connectivity index (χ0v) is 15.3. The third kappa shape index (κ3) is 3.10. The standard InChI is InChI=1S/C18H20N6O3/c1-3-24-15(12-4-6-19-7-5-12)20-13-16(23-8-10-27-11-9-23)21-14(18(25)26-2)22-17(13)24/h4-7H,3,8-11H2,1-2H3. The second-order valence-electron chi connectivity index (χ2n) is 6.05. The van der Waals surface area contributed by atoms with Crippen molar-refractivity contribution >= 4 is 23.0 Å². The second-order valence-corrected chi connectivity index (χ2v) is 6.05. The van der Waals surface area contributed by atoms with Crippen molar-refractivity contribution in [1.82, 2.24) is 24.5 Å². The fourth-order valence-corrected chi connectivity index (χ4v) is 3.19. The van der Waals surface area contributed by atoms with Crippen molar-refractivity contribution in [3.8, 4) is 11.4 Å². The largest absolute Gasteiger partial charge is 0.463 e. The molecule has 0 atom stereocenters. The van der Waals surface area contributed by atoms with Crippen molar-refractivity contribution < 1.29 is 14.3 Å². The topological polar surface area (TPSA) is 95.3 Å². The van der Waals surface area contributed by atoms with Crippen LogP contribution in [0.15, 0.2) is 24.5 Å². The summed E-state index contributed by atoms with van der Waals surface area (Å²) in [7, 11) is 1.32. The molecule has 1 aliphatic rings. The molecule has 1 aliphatic heterocycles. The predicted octanol–water partition coefficient (Wildman–Crippen LogP) is 1.53. The van der Waals surface area contributed by atoms with Gasteiger partial charge >= 0.3 is 5.97 Å². The summed E-state index contributed by atoms with van der Waals surface area (Å²) in [5.41, 5.74) is 2.21.